The Morgan fingerprint density at radius 2 is 1.88 bits per heavy atom. The lowest BCUT2D eigenvalue weighted by Gasteiger charge is -2.30. The monoisotopic (exact) mass is 338 g/mol. The first-order valence-corrected chi connectivity index (χ1v) is 8.82. The van der Waals surface area contributed by atoms with Gasteiger partial charge in [0, 0.05) is 43.7 Å². The van der Waals surface area contributed by atoms with Crippen LogP contribution in [0.3, 0.4) is 0 Å². The third-order valence-electron chi connectivity index (χ3n) is 5.05. The molecule has 0 spiro atoms. The summed E-state index contributed by atoms with van der Waals surface area (Å²) in [4.78, 5) is 22.7. The Kier molecular flexibility index (Phi) is 4.36. The van der Waals surface area contributed by atoms with E-state index >= 15 is 0 Å². The molecule has 1 aromatic heterocycles. The number of hydrogen-bond acceptors (Lipinski definition) is 5. The number of hydrogen-bond donors (Lipinski definition) is 2. The number of nitrogens with one attached hydrogen (secondary N) is 1. The zero-order chi connectivity index (χ0) is 17.2. The van der Waals surface area contributed by atoms with Gasteiger partial charge in [-0.1, -0.05) is 24.3 Å². The van der Waals surface area contributed by atoms with Crippen molar-refractivity contribution >= 4 is 11.7 Å². The maximum absolute atomic E-state index is 11.4. The highest BCUT2D eigenvalue weighted by Crippen LogP contribution is 2.26. The fourth-order valence-electron chi connectivity index (χ4n) is 3.50. The molecule has 2 fully saturated rings. The first kappa shape index (κ1) is 16.0. The van der Waals surface area contributed by atoms with Crippen LogP contribution in [0.4, 0.5) is 5.82 Å². The molecule has 4 rings (SSSR count). The van der Waals surface area contributed by atoms with E-state index < -0.39 is 0 Å². The molecule has 2 N–H and O–H groups in total. The molecule has 6 heteroatoms. The van der Waals surface area contributed by atoms with Crippen LogP contribution in [0.25, 0.3) is 11.4 Å². The summed E-state index contributed by atoms with van der Waals surface area (Å²) in [6.45, 7) is 2.35. The van der Waals surface area contributed by atoms with E-state index in [1.54, 1.807) is 6.20 Å². The van der Waals surface area contributed by atoms with Crippen LogP contribution in [-0.4, -0.2) is 46.7 Å². The average molecular weight is 338 g/mol. The molecule has 1 aromatic carbocycles. The number of rotatable bonds is 3. The predicted molar refractivity (Wildman–Crippen MR) is 95.3 cm³/mol. The van der Waals surface area contributed by atoms with Gasteiger partial charge in [-0.15, -0.1) is 0 Å². The van der Waals surface area contributed by atoms with E-state index in [1.165, 1.54) is 5.56 Å². The van der Waals surface area contributed by atoms with Crippen LogP contribution in [0.5, 0.6) is 0 Å². The highest BCUT2D eigenvalue weighted by Gasteiger charge is 2.23. The normalized spacial score (nSPS) is 21.4. The summed E-state index contributed by atoms with van der Waals surface area (Å²) in [5, 5.41) is 12.5. The van der Waals surface area contributed by atoms with Crippen LogP contribution in [0.1, 0.15) is 30.7 Å². The third kappa shape index (κ3) is 3.49. The maximum Gasteiger partial charge on any atom is 0.220 e. The molecule has 0 radical (unpaired) electrons. The first-order chi connectivity index (χ1) is 12.2. The lowest BCUT2D eigenvalue weighted by Crippen LogP contribution is -2.36. The lowest BCUT2D eigenvalue weighted by atomic mass is 9.97. The summed E-state index contributed by atoms with van der Waals surface area (Å²) >= 11 is 0. The van der Waals surface area contributed by atoms with Crippen LogP contribution in [0.2, 0.25) is 0 Å². The molecule has 2 aliphatic heterocycles. The maximum atomic E-state index is 11.4. The SMILES string of the molecule is O=C1CC(c2ccc(-c3nccc(N4CCC(O)CC4)n3)cc2)CN1. The Morgan fingerprint density at radius 3 is 2.56 bits per heavy atom. The minimum absolute atomic E-state index is 0.122. The Morgan fingerprint density at radius 1 is 1.12 bits per heavy atom. The van der Waals surface area contributed by atoms with E-state index in [0.717, 1.165) is 37.3 Å². The van der Waals surface area contributed by atoms with Gasteiger partial charge >= 0.3 is 0 Å². The van der Waals surface area contributed by atoms with Gasteiger partial charge in [-0.2, -0.15) is 0 Å². The first-order valence-electron chi connectivity index (χ1n) is 8.82. The van der Waals surface area contributed by atoms with Crippen molar-refractivity contribution in [1.29, 1.82) is 0 Å². The van der Waals surface area contributed by atoms with Crippen molar-refractivity contribution in [2.24, 2.45) is 0 Å². The van der Waals surface area contributed by atoms with E-state index in [1.807, 2.05) is 18.2 Å². The average Bonchev–Trinajstić information content (AvgIpc) is 3.09. The fourth-order valence-corrected chi connectivity index (χ4v) is 3.50. The summed E-state index contributed by atoms with van der Waals surface area (Å²) in [5.41, 5.74) is 2.14. The van der Waals surface area contributed by atoms with E-state index in [4.69, 9.17) is 4.98 Å². The van der Waals surface area contributed by atoms with Gasteiger partial charge in [0.15, 0.2) is 5.82 Å². The topological polar surface area (TPSA) is 78.4 Å². The number of aromatic nitrogens is 2. The van der Waals surface area contributed by atoms with Crippen molar-refractivity contribution in [2.45, 2.75) is 31.3 Å². The molecule has 6 nitrogen and oxygen atoms in total. The molecule has 0 aliphatic carbocycles. The van der Waals surface area contributed by atoms with Gasteiger partial charge in [0.1, 0.15) is 5.82 Å². The highest BCUT2D eigenvalue weighted by atomic mass is 16.3. The number of aliphatic hydroxyl groups is 1. The van der Waals surface area contributed by atoms with E-state index in [2.05, 4.69) is 27.3 Å². The quantitative estimate of drug-likeness (QED) is 0.891. The molecule has 3 heterocycles. The summed E-state index contributed by atoms with van der Waals surface area (Å²) < 4.78 is 0. The van der Waals surface area contributed by atoms with Crippen molar-refractivity contribution in [3.05, 3.63) is 42.1 Å². The molecule has 2 aliphatic rings. The zero-order valence-corrected chi connectivity index (χ0v) is 14.1. The summed E-state index contributed by atoms with van der Waals surface area (Å²) in [5.74, 6) is 1.99. The van der Waals surface area contributed by atoms with Crippen LogP contribution in [0.15, 0.2) is 36.5 Å². The molecule has 0 bridgehead atoms. The molecule has 1 unspecified atom stereocenters. The summed E-state index contributed by atoms with van der Waals surface area (Å²) in [7, 11) is 0. The van der Waals surface area contributed by atoms with Crippen LogP contribution in [-0.2, 0) is 4.79 Å². The number of carbonyl (C=O) groups excluding carboxylic acids is 1. The van der Waals surface area contributed by atoms with Gasteiger partial charge in [-0.05, 0) is 24.5 Å². The molecule has 2 saturated heterocycles. The van der Waals surface area contributed by atoms with Gasteiger partial charge in [0.2, 0.25) is 5.91 Å². The minimum Gasteiger partial charge on any atom is -0.393 e. The minimum atomic E-state index is -0.193. The van der Waals surface area contributed by atoms with Crippen molar-refractivity contribution in [2.75, 3.05) is 24.5 Å². The Labute approximate surface area is 146 Å². The molecular weight excluding hydrogens is 316 g/mol. The van der Waals surface area contributed by atoms with Crippen molar-refractivity contribution in [3.8, 4) is 11.4 Å². The van der Waals surface area contributed by atoms with Crippen molar-refractivity contribution in [3.63, 3.8) is 0 Å². The molecular formula is C19H22N4O2. The van der Waals surface area contributed by atoms with Gasteiger partial charge in [0.25, 0.3) is 0 Å². The van der Waals surface area contributed by atoms with E-state index in [0.29, 0.717) is 18.8 Å². The fraction of sp³-hybridized carbons (Fsp3) is 0.421. The molecule has 25 heavy (non-hydrogen) atoms. The van der Waals surface area contributed by atoms with Gasteiger partial charge in [-0.3, -0.25) is 4.79 Å². The van der Waals surface area contributed by atoms with Crippen LogP contribution in [0, 0.1) is 0 Å². The molecule has 0 saturated carbocycles. The van der Waals surface area contributed by atoms with E-state index in [-0.39, 0.29) is 17.9 Å². The number of anilines is 1. The number of piperidine rings is 1. The smallest absolute Gasteiger partial charge is 0.220 e. The Balaban J connectivity index is 1.51. The number of amides is 1. The lowest BCUT2D eigenvalue weighted by molar-refractivity contribution is -0.119. The molecule has 1 atom stereocenters. The van der Waals surface area contributed by atoms with Crippen LogP contribution >= 0.6 is 0 Å². The summed E-state index contributed by atoms with van der Waals surface area (Å²) in [6.07, 6.45) is 3.72. The van der Waals surface area contributed by atoms with Gasteiger partial charge in [-0.25, -0.2) is 9.97 Å². The van der Waals surface area contributed by atoms with E-state index in [9.17, 15) is 9.90 Å². The Hall–Kier alpha value is -2.47. The molecule has 130 valence electrons. The van der Waals surface area contributed by atoms with Crippen LogP contribution < -0.4 is 10.2 Å². The van der Waals surface area contributed by atoms with Crippen molar-refractivity contribution < 1.29 is 9.90 Å². The zero-order valence-electron chi connectivity index (χ0n) is 14.1. The van der Waals surface area contributed by atoms with Gasteiger partial charge in [0.05, 0.1) is 6.10 Å². The summed E-state index contributed by atoms with van der Waals surface area (Å²) in [6, 6.07) is 10.1. The second-order valence-corrected chi connectivity index (χ2v) is 6.78. The predicted octanol–water partition coefficient (Wildman–Crippen LogP) is 1.71. The largest absolute Gasteiger partial charge is 0.393 e. The van der Waals surface area contributed by atoms with Gasteiger partial charge < -0.3 is 15.3 Å². The number of carbonyl (C=O) groups is 1. The highest BCUT2D eigenvalue weighted by molar-refractivity contribution is 5.79. The standard InChI is InChI=1S/C19H22N4O2/c24-16-6-9-23(10-7-16)17-5-8-20-19(22-17)14-3-1-13(2-4-14)15-11-18(25)21-12-15/h1-5,8,15-16,24H,6-7,9-12H2,(H,21,25). The number of nitrogens with zero attached hydrogens (tertiary/aromatic N) is 3. The third-order valence-corrected chi connectivity index (χ3v) is 5.05. The second-order valence-electron chi connectivity index (χ2n) is 6.78. The second kappa shape index (κ2) is 6.80. The number of aliphatic hydroxyl groups excluding tert-OH is 1. The Bertz CT molecular complexity index is 754. The molecule has 2 aromatic rings. The molecule has 1 amide bonds. The van der Waals surface area contributed by atoms with Crippen molar-refractivity contribution in [1.82, 2.24) is 15.3 Å². The number of benzene rings is 1.